The van der Waals surface area contributed by atoms with E-state index in [1.165, 1.54) is 10.8 Å². The zero-order chi connectivity index (χ0) is 14.7. The van der Waals surface area contributed by atoms with Gasteiger partial charge in [0.1, 0.15) is 0 Å². The number of nitrogens with one attached hydrogen (secondary N) is 1. The summed E-state index contributed by atoms with van der Waals surface area (Å²) in [5.74, 6) is 0.479. The summed E-state index contributed by atoms with van der Waals surface area (Å²) in [6.45, 7) is 0.589. The third kappa shape index (κ3) is 3.42. The number of amides is 1. The molecule has 0 unspecified atom stereocenters. The predicted octanol–water partition coefficient (Wildman–Crippen LogP) is 2.97. The third-order valence-corrected chi connectivity index (χ3v) is 4.47. The Kier molecular flexibility index (Phi) is 4.20. The Hall–Kier alpha value is -1.87. The molecular formula is C18H22N2O. The van der Waals surface area contributed by atoms with Crippen molar-refractivity contribution in [1.29, 1.82) is 0 Å². The topological polar surface area (TPSA) is 55.1 Å². The van der Waals surface area contributed by atoms with E-state index in [9.17, 15) is 4.79 Å². The molecule has 0 radical (unpaired) electrons. The first-order chi connectivity index (χ1) is 10.2. The third-order valence-electron chi connectivity index (χ3n) is 4.47. The molecule has 3 heteroatoms. The van der Waals surface area contributed by atoms with Gasteiger partial charge in [-0.1, -0.05) is 42.8 Å². The van der Waals surface area contributed by atoms with Gasteiger partial charge in [0, 0.05) is 19.0 Å². The fourth-order valence-electron chi connectivity index (χ4n) is 3.18. The van der Waals surface area contributed by atoms with Crippen LogP contribution in [0, 0.1) is 5.92 Å². The van der Waals surface area contributed by atoms with Gasteiger partial charge < -0.3 is 11.1 Å². The average Bonchev–Trinajstić information content (AvgIpc) is 2.90. The van der Waals surface area contributed by atoms with Crippen molar-refractivity contribution in [3.8, 4) is 0 Å². The molecule has 110 valence electrons. The van der Waals surface area contributed by atoms with E-state index in [2.05, 4.69) is 35.6 Å². The summed E-state index contributed by atoms with van der Waals surface area (Å²) in [5, 5.41) is 5.45. The second kappa shape index (κ2) is 6.27. The SMILES string of the molecule is N[C@@H]1CCC[C@H]1CC(=O)NCc1ccc2ccccc2c1. The summed E-state index contributed by atoms with van der Waals surface area (Å²) >= 11 is 0. The van der Waals surface area contributed by atoms with Crippen LogP contribution >= 0.6 is 0 Å². The minimum atomic E-state index is 0.116. The Balaban J connectivity index is 1.57. The van der Waals surface area contributed by atoms with Crippen LogP contribution in [0.1, 0.15) is 31.2 Å². The van der Waals surface area contributed by atoms with Crippen molar-refractivity contribution in [3.05, 3.63) is 48.0 Å². The van der Waals surface area contributed by atoms with Crippen molar-refractivity contribution in [2.24, 2.45) is 11.7 Å². The van der Waals surface area contributed by atoms with Crippen molar-refractivity contribution < 1.29 is 4.79 Å². The standard InChI is InChI=1S/C18H22N2O/c19-17-7-3-6-16(17)11-18(21)20-12-13-8-9-14-4-1-2-5-15(14)10-13/h1-2,4-5,8-10,16-17H,3,6-7,11-12,19H2,(H,20,21)/t16-,17+/m0/s1. The fraction of sp³-hybridized carbons (Fsp3) is 0.389. The summed E-state index contributed by atoms with van der Waals surface area (Å²) < 4.78 is 0. The number of carbonyl (C=O) groups excluding carboxylic acids is 1. The van der Waals surface area contributed by atoms with E-state index in [1.807, 2.05) is 12.1 Å². The van der Waals surface area contributed by atoms with Gasteiger partial charge in [0.05, 0.1) is 0 Å². The quantitative estimate of drug-likeness (QED) is 0.905. The molecule has 0 aliphatic heterocycles. The molecule has 21 heavy (non-hydrogen) atoms. The summed E-state index contributed by atoms with van der Waals surface area (Å²) in [7, 11) is 0. The molecular weight excluding hydrogens is 260 g/mol. The van der Waals surface area contributed by atoms with E-state index in [1.54, 1.807) is 0 Å². The van der Waals surface area contributed by atoms with Crippen LogP contribution in [0.5, 0.6) is 0 Å². The van der Waals surface area contributed by atoms with E-state index in [-0.39, 0.29) is 11.9 Å². The monoisotopic (exact) mass is 282 g/mol. The molecule has 0 saturated heterocycles. The second-order valence-electron chi connectivity index (χ2n) is 6.02. The molecule has 1 saturated carbocycles. The molecule has 1 amide bonds. The molecule has 2 aromatic rings. The second-order valence-corrected chi connectivity index (χ2v) is 6.02. The van der Waals surface area contributed by atoms with Gasteiger partial charge in [-0.25, -0.2) is 0 Å². The van der Waals surface area contributed by atoms with Crippen LogP contribution in [-0.2, 0) is 11.3 Å². The van der Waals surface area contributed by atoms with Gasteiger partial charge in [0.15, 0.2) is 0 Å². The van der Waals surface area contributed by atoms with Gasteiger partial charge in [-0.3, -0.25) is 4.79 Å². The maximum Gasteiger partial charge on any atom is 0.220 e. The Morgan fingerprint density at radius 1 is 1.14 bits per heavy atom. The number of benzene rings is 2. The van der Waals surface area contributed by atoms with E-state index in [0.29, 0.717) is 18.9 Å². The maximum atomic E-state index is 12.0. The first-order valence-electron chi connectivity index (χ1n) is 7.72. The number of hydrogen-bond acceptors (Lipinski definition) is 2. The number of nitrogens with two attached hydrogens (primary N) is 1. The number of fused-ring (bicyclic) bond motifs is 1. The lowest BCUT2D eigenvalue weighted by Crippen LogP contribution is -2.31. The lowest BCUT2D eigenvalue weighted by atomic mass is 10.00. The largest absolute Gasteiger partial charge is 0.352 e. The van der Waals surface area contributed by atoms with Gasteiger partial charge in [0.25, 0.3) is 0 Å². The van der Waals surface area contributed by atoms with Crippen LogP contribution in [0.25, 0.3) is 10.8 Å². The predicted molar refractivity (Wildman–Crippen MR) is 85.7 cm³/mol. The number of rotatable bonds is 4. The highest BCUT2D eigenvalue weighted by Gasteiger charge is 2.25. The van der Waals surface area contributed by atoms with E-state index >= 15 is 0 Å². The van der Waals surface area contributed by atoms with Crippen LogP contribution in [0.2, 0.25) is 0 Å². The first kappa shape index (κ1) is 14.1. The summed E-state index contributed by atoms with van der Waals surface area (Å²) in [5.41, 5.74) is 7.15. The van der Waals surface area contributed by atoms with Gasteiger partial charge in [-0.2, -0.15) is 0 Å². The molecule has 3 nitrogen and oxygen atoms in total. The zero-order valence-corrected chi connectivity index (χ0v) is 12.2. The first-order valence-corrected chi connectivity index (χ1v) is 7.72. The molecule has 3 N–H and O–H groups in total. The number of carbonyl (C=O) groups is 1. The summed E-state index contributed by atoms with van der Waals surface area (Å²) in [4.78, 5) is 12.0. The van der Waals surface area contributed by atoms with E-state index in [4.69, 9.17) is 5.73 Å². The van der Waals surface area contributed by atoms with E-state index < -0.39 is 0 Å². The highest BCUT2D eigenvalue weighted by Crippen LogP contribution is 2.26. The molecule has 2 atom stereocenters. The van der Waals surface area contributed by atoms with Crippen LogP contribution in [0.3, 0.4) is 0 Å². The molecule has 3 rings (SSSR count). The molecule has 0 spiro atoms. The van der Waals surface area contributed by atoms with Crippen molar-refractivity contribution in [2.45, 2.75) is 38.3 Å². The Morgan fingerprint density at radius 3 is 2.71 bits per heavy atom. The molecule has 0 bridgehead atoms. The van der Waals surface area contributed by atoms with Gasteiger partial charge in [0.2, 0.25) is 5.91 Å². The van der Waals surface area contributed by atoms with Crippen LogP contribution in [0.15, 0.2) is 42.5 Å². The Morgan fingerprint density at radius 2 is 1.95 bits per heavy atom. The Labute approximate surface area is 125 Å². The van der Waals surface area contributed by atoms with Gasteiger partial charge in [-0.05, 0) is 41.2 Å². The highest BCUT2D eigenvalue weighted by atomic mass is 16.1. The molecule has 0 aromatic heterocycles. The molecule has 1 aliphatic rings. The normalized spacial score (nSPS) is 21.6. The fourth-order valence-corrected chi connectivity index (χ4v) is 3.18. The Bertz CT molecular complexity index is 638. The minimum absolute atomic E-state index is 0.116. The molecule has 0 heterocycles. The summed E-state index contributed by atoms with van der Waals surface area (Å²) in [6.07, 6.45) is 3.87. The number of hydrogen-bond donors (Lipinski definition) is 2. The van der Waals surface area contributed by atoms with Crippen molar-refractivity contribution >= 4 is 16.7 Å². The van der Waals surface area contributed by atoms with Crippen molar-refractivity contribution in [3.63, 3.8) is 0 Å². The van der Waals surface area contributed by atoms with Crippen LogP contribution in [0.4, 0.5) is 0 Å². The average molecular weight is 282 g/mol. The van der Waals surface area contributed by atoms with Crippen LogP contribution < -0.4 is 11.1 Å². The summed E-state index contributed by atoms with van der Waals surface area (Å²) in [6, 6.07) is 14.8. The lowest BCUT2D eigenvalue weighted by molar-refractivity contribution is -0.122. The zero-order valence-electron chi connectivity index (χ0n) is 12.2. The molecule has 2 aromatic carbocycles. The van der Waals surface area contributed by atoms with Crippen LogP contribution in [-0.4, -0.2) is 11.9 Å². The van der Waals surface area contributed by atoms with Crippen molar-refractivity contribution in [2.75, 3.05) is 0 Å². The maximum absolute atomic E-state index is 12.0. The minimum Gasteiger partial charge on any atom is -0.352 e. The smallest absolute Gasteiger partial charge is 0.220 e. The molecule has 1 aliphatic carbocycles. The van der Waals surface area contributed by atoms with Gasteiger partial charge in [-0.15, -0.1) is 0 Å². The van der Waals surface area contributed by atoms with Gasteiger partial charge >= 0.3 is 0 Å². The lowest BCUT2D eigenvalue weighted by Gasteiger charge is -2.14. The molecule has 1 fully saturated rings. The van der Waals surface area contributed by atoms with E-state index in [0.717, 1.165) is 24.8 Å². The highest BCUT2D eigenvalue weighted by molar-refractivity contribution is 5.83. The van der Waals surface area contributed by atoms with Crippen molar-refractivity contribution in [1.82, 2.24) is 5.32 Å².